The standard InChI is InChI=1S/C33H66O6/c1-4-7-9-11-13-15-17-19-21-23-25-28(34)30-29(35)31(36)33(37,32(39-30)38-27-6-3)26-24-22-20-18-16-14-12-10-8-5-2/h28-32,34-37H,4-27H2,1-3H3/t28?,29-,30+,31-,32+,33+/m0/s1. The lowest BCUT2D eigenvalue weighted by atomic mass is 9.80. The summed E-state index contributed by atoms with van der Waals surface area (Å²) in [7, 11) is 0. The fraction of sp³-hybridized carbons (Fsp3) is 1.00. The molecule has 1 heterocycles. The summed E-state index contributed by atoms with van der Waals surface area (Å²) in [4.78, 5) is 0. The van der Waals surface area contributed by atoms with Crippen LogP contribution < -0.4 is 0 Å². The van der Waals surface area contributed by atoms with Crippen LogP contribution in [0.3, 0.4) is 0 Å². The van der Waals surface area contributed by atoms with Gasteiger partial charge in [0.05, 0.1) is 6.10 Å². The fourth-order valence-corrected chi connectivity index (χ4v) is 5.85. The van der Waals surface area contributed by atoms with Gasteiger partial charge in [-0.15, -0.1) is 0 Å². The van der Waals surface area contributed by atoms with E-state index in [1.54, 1.807) is 0 Å². The molecule has 1 saturated heterocycles. The summed E-state index contributed by atoms with van der Waals surface area (Å²) in [5, 5.41) is 44.1. The van der Waals surface area contributed by atoms with Gasteiger partial charge in [0.1, 0.15) is 23.9 Å². The van der Waals surface area contributed by atoms with Gasteiger partial charge >= 0.3 is 0 Å². The number of hydrogen-bond acceptors (Lipinski definition) is 6. The highest BCUT2D eigenvalue weighted by Gasteiger charge is 2.56. The molecule has 0 aromatic carbocycles. The molecule has 1 aliphatic heterocycles. The van der Waals surface area contributed by atoms with Gasteiger partial charge in [-0.2, -0.15) is 0 Å². The molecule has 234 valence electrons. The molecule has 6 nitrogen and oxygen atoms in total. The minimum Gasteiger partial charge on any atom is -0.390 e. The van der Waals surface area contributed by atoms with Crippen LogP contribution in [0.15, 0.2) is 0 Å². The summed E-state index contributed by atoms with van der Waals surface area (Å²) >= 11 is 0. The molecule has 1 unspecified atom stereocenters. The number of aliphatic hydroxyl groups is 4. The first-order chi connectivity index (χ1) is 18.9. The van der Waals surface area contributed by atoms with Crippen molar-refractivity contribution in [3.05, 3.63) is 0 Å². The summed E-state index contributed by atoms with van der Waals surface area (Å²) in [5.74, 6) is 0. The lowest BCUT2D eigenvalue weighted by molar-refractivity contribution is -0.350. The Morgan fingerprint density at radius 2 is 1.08 bits per heavy atom. The summed E-state index contributed by atoms with van der Waals surface area (Å²) < 4.78 is 11.8. The Balaban J connectivity index is 2.42. The highest BCUT2D eigenvalue weighted by Crippen LogP contribution is 2.37. The molecule has 0 aliphatic carbocycles. The van der Waals surface area contributed by atoms with Crippen molar-refractivity contribution < 1.29 is 29.9 Å². The zero-order valence-electron chi connectivity index (χ0n) is 26.0. The Morgan fingerprint density at radius 1 is 0.641 bits per heavy atom. The number of ether oxygens (including phenoxy) is 2. The predicted octanol–water partition coefficient (Wildman–Crippen LogP) is 7.57. The maximum absolute atomic E-state index is 11.4. The largest absolute Gasteiger partial charge is 0.390 e. The SMILES string of the molecule is CCCCCCCCCCCCC(O)[C@H]1O[C@@H](OCCC)[C@@](O)(CCCCCCCCCCCC)[C@@H](O)[C@H]1O. The lowest BCUT2D eigenvalue weighted by Gasteiger charge is -2.49. The molecule has 0 saturated carbocycles. The molecule has 4 N–H and O–H groups in total. The molecule has 0 aromatic heterocycles. The molecule has 0 bridgehead atoms. The van der Waals surface area contributed by atoms with Crippen LogP contribution in [0.1, 0.15) is 168 Å². The first-order valence-electron chi connectivity index (χ1n) is 17.0. The van der Waals surface area contributed by atoms with E-state index in [0.717, 1.165) is 44.9 Å². The summed E-state index contributed by atoms with van der Waals surface area (Å²) in [6.07, 6.45) is 19.8. The smallest absolute Gasteiger partial charge is 0.189 e. The molecule has 1 rings (SSSR count). The van der Waals surface area contributed by atoms with Gasteiger partial charge in [-0.25, -0.2) is 0 Å². The number of rotatable bonds is 26. The van der Waals surface area contributed by atoms with E-state index in [1.165, 1.54) is 89.9 Å². The Kier molecular flexibility index (Phi) is 22.0. The molecular weight excluding hydrogens is 492 g/mol. The Hall–Kier alpha value is -0.240. The Labute approximate surface area is 241 Å². The van der Waals surface area contributed by atoms with Gasteiger partial charge in [-0.05, 0) is 19.3 Å². The molecule has 0 amide bonds. The zero-order valence-corrected chi connectivity index (χ0v) is 26.0. The highest BCUT2D eigenvalue weighted by molar-refractivity contribution is 5.02. The third kappa shape index (κ3) is 15.0. The molecule has 1 fully saturated rings. The molecule has 1 aliphatic rings. The van der Waals surface area contributed by atoms with E-state index < -0.39 is 36.3 Å². The highest BCUT2D eigenvalue weighted by atomic mass is 16.7. The fourth-order valence-electron chi connectivity index (χ4n) is 5.85. The van der Waals surface area contributed by atoms with Crippen LogP contribution >= 0.6 is 0 Å². The van der Waals surface area contributed by atoms with Gasteiger partial charge < -0.3 is 29.9 Å². The van der Waals surface area contributed by atoms with E-state index in [2.05, 4.69) is 13.8 Å². The Morgan fingerprint density at radius 3 is 1.54 bits per heavy atom. The van der Waals surface area contributed by atoms with Crippen molar-refractivity contribution in [2.75, 3.05) is 6.61 Å². The van der Waals surface area contributed by atoms with E-state index in [4.69, 9.17) is 9.47 Å². The van der Waals surface area contributed by atoms with Crippen molar-refractivity contribution in [1.29, 1.82) is 0 Å². The van der Waals surface area contributed by atoms with Gasteiger partial charge in [0.15, 0.2) is 6.29 Å². The summed E-state index contributed by atoms with van der Waals surface area (Å²) in [6, 6.07) is 0. The number of aliphatic hydroxyl groups excluding tert-OH is 3. The number of hydrogen-bond donors (Lipinski definition) is 4. The van der Waals surface area contributed by atoms with Crippen LogP contribution in [0.25, 0.3) is 0 Å². The van der Waals surface area contributed by atoms with Crippen LogP contribution in [0.2, 0.25) is 0 Å². The normalized spacial score (nSPS) is 26.2. The van der Waals surface area contributed by atoms with E-state index in [-0.39, 0.29) is 0 Å². The first kappa shape index (κ1) is 36.8. The van der Waals surface area contributed by atoms with Crippen molar-refractivity contribution in [3.63, 3.8) is 0 Å². The maximum atomic E-state index is 11.4. The van der Waals surface area contributed by atoms with Crippen LogP contribution in [0.5, 0.6) is 0 Å². The van der Waals surface area contributed by atoms with E-state index in [0.29, 0.717) is 19.4 Å². The van der Waals surface area contributed by atoms with Crippen LogP contribution in [-0.4, -0.2) is 63.3 Å². The third-order valence-electron chi connectivity index (χ3n) is 8.50. The van der Waals surface area contributed by atoms with Crippen LogP contribution in [0, 0.1) is 0 Å². The second-order valence-electron chi connectivity index (χ2n) is 12.2. The second-order valence-corrected chi connectivity index (χ2v) is 12.2. The minimum atomic E-state index is -1.68. The van der Waals surface area contributed by atoms with E-state index in [9.17, 15) is 20.4 Å². The first-order valence-corrected chi connectivity index (χ1v) is 17.0. The van der Waals surface area contributed by atoms with Crippen molar-refractivity contribution in [3.8, 4) is 0 Å². The Bertz CT molecular complexity index is 544. The van der Waals surface area contributed by atoms with Crippen molar-refractivity contribution in [1.82, 2.24) is 0 Å². The van der Waals surface area contributed by atoms with Gasteiger partial charge in [-0.3, -0.25) is 0 Å². The molecule has 6 heteroatoms. The molecule has 0 radical (unpaired) electrons. The molecule has 0 spiro atoms. The maximum Gasteiger partial charge on any atom is 0.189 e. The van der Waals surface area contributed by atoms with Gasteiger partial charge in [-0.1, -0.05) is 149 Å². The molecule has 39 heavy (non-hydrogen) atoms. The quantitative estimate of drug-likeness (QED) is 0.0817. The van der Waals surface area contributed by atoms with Crippen LogP contribution in [-0.2, 0) is 9.47 Å². The van der Waals surface area contributed by atoms with Crippen molar-refractivity contribution >= 4 is 0 Å². The van der Waals surface area contributed by atoms with Crippen molar-refractivity contribution in [2.24, 2.45) is 0 Å². The summed E-state index contributed by atoms with van der Waals surface area (Å²) in [6.45, 7) is 6.84. The van der Waals surface area contributed by atoms with Crippen LogP contribution in [0.4, 0.5) is 0 Å². The van der Waals surface area contributed by atoms with E-state index >= 15 is 0 Å². The zero-order chi connectivity index (χ0) is 28.8. The average molecular weight is 559 g/mol. The van der Waals surface area contributed by atoms with Crippen molar-refractivity contribution in [2.45, 2.75) is 205 Å². The van der Waals surface area contributed by atoms with Gasteiger partial charge in [0, 0.05) is 6.61 Å². The topological polar surface area (TPSA) is 99.4 Å². The monoisotopic (exact) mass is 558 g/mol. The molecule has 0 aromatic rings. The number of unbranched alkanes of at least 4 members (excludes halogenated alkanes) is 18. The van der Waals surface area contributed by atoms with Gasteiger partial charge in [0.2, 0.25) is 0 Å². The lowest BCUT2D eigenvalue weighted by Crippen LogP contribution is -2.68. The minimum absolute atomic E-state index is 0.303. The van der Waals surface area contributed by atoms with E-state index in [1.807, 2.05) is 6.92 Å². The summed E-state index contributed by atoms with van der Waals surface area (Å²) in [5.41, 5.74) is -1.68. The third-order valence-corrected chi connectivity index (χ3v) is 8.50. The average Bonchev–Trinajstić information content (AvgIpc) is 2.93. The molecule has 6 atom stereocenters. The van der Waals surface area contributed by atoms with Gasteiger partial charge in [0.25, 0.3) is 0 Å². The second kappa shape index (κ2) is 23.3. The predicted molar refractivity (Wildman–Crippen MR) is 161 cm³/mol. The molecular formula is C33H66O6.